The van der Waals surface area contributed by atoms with E-state index in [2.05, 4.69) is 17.2 Å². The Morgan fingerprint density at radius 1 is 1.06 bits per heavy atom. The Hall–Kier alpha value is -2.71. The highest BCUT2D eigenvalue weighted by atomic mass is 32.2. The van der Waals surface area contributed by atoms with E-state index in [-0.39, 0.29) is 17.2 Å². The Labute approximate surface area is 184 Å². The van der Waals surface area contributed by atoms with E-state index < -0.39 is 10.0 Å². The van der Waals surface area contributed by atoms with Crippen molar-refractivity contribution >= 4 is 32.7 Å². The number of benzene rings is 2. The summed E-state index contributed by atoms with van der Waals surface area (Å²) in [6, 6.07) is 12.8. The predicted octanol–water partition coefficient (Wildman–Crippen LogP) is 3.74. The maximum absolute atomic E-state index is 12.8. The summed E-state index contributed by atoms with van der Waals surface area (Å²) in [7, 11) is -1.66. The molecule has 166 valence electrons. The number of rotatable bonds is 9. The zero-order valence-electron chi connectivity index (χ0n) is 18.6. The van der Waals surface area contributed by atoms with Gasteiger partial charge in [-0.05, 0) is 42.3 Å². The number of amides is 1. The number of hydrogen-bond acceptors (Lipinski definition) is 4. The van der Waals surface area contributed by atoms with Gasteiger partial charge in [-0.15, -0.1) is 0 Å². The summed E-state index contributed by atoms with van der Waals surface area (Å²) in [6.07, 6.45) is 1.71. The topological polar surface area (TPSA) is 84.3 Å². The number of carbonyl (C=O) groups excluding carboxylic acids is 1. The molecule has 0 saturated carbocycles. The second-order valence-electron chi connectivity index (χ2n) is 7.43. The van der Waals surface area contributed by atoms with E-state index in [0.29, 0.717) is 25.0 Å². The molecule has 8 heteroatoms. The van der Waals surface area contributed by atoms with Crippen molar-refractivity contribution in [3.63, 3.8) is 0 Å². The normalized spacial score (nSPS) is 11.9. The van der Waals surface area contributed by atoms with Gasteiger partial charge in [-0.25, -0.2) is 13.4 Å². The van der Waals surface area contributed by atoms with Crippen molar-refractivity contribution < 1.29 is 13.2 Å². The molecular formula is C23H30N4O3S. The number of nitrogens with zero attached hydrogens (tertiary/aromatic N) is 3. The number of imidazole rings is 1. The van der Waals surface area contributed by atoms with Gasteiger partial charge in [0.05, 0.1) is 15.9 Å². The lowest BCUT2D eigenvalue weighted by molar-refractivity contribution is -0.116. The fourth-order valence-corrected chi connectivity index (χ4v) is 5.08. The van der Waals surface area contributed by atoms with E-state index >= 15 is 0 Å². The molecule has 1 aromatic heterocycles. The van der Waals surface area contributed by atoms with Crippen LogP contribution in [0.1, 0.15) is 38.6 Å². The van der Waals surface area contributed by atoms with E-state index in [0.717, 1.165) is 23.4 Å². The molecule has 0 spiro atoms. The number of nitrogens with one attached hydrogen (secondary N) is 1. The Morgan fingerprint density at radius 3 is 2.35 bits per heavy atom. The lowest BCUT2D eigenvalue weighted by Crippen LogP contribution is -2.30. The molecule has 1 amide bonds. The van der Waals surface area contributed by atoms with Crippen LogP contribution in [0.4, 0.5) is 5.69 Å². The Morgan fingerprint density at radius 2 is 1.74 bits per heavy atom. The summed E-state index contributed by atoms with van der Waals surface area (Å²) in [5.74, 6) is 0.657. The van der Waals surface area contributed by atoms with E-state index in [1.165, 1.54) is 9.87 Å². The van der Waals surface area contributed by atoms with Crippen LogP contribution in [-0.4, -0.2) is 41.3 Å². The van der Waals surface area contributed by atoms with E-state index in [1.54, 1.807) is 18.2 Å². The van der Waals surface area contributed by atoms with E-state index in [9.17, 15) is 13.2 Å². The van der Waals surface area contributed by atoms with Crippen molar-refractivity contribution in [2.24, 2.45) is 7.05 Å². The number of aromatic nitrogens is 2. The highest BCUT2D eigenvalue weighted by Crippen LogP contribution is 2.23. The summed E-state index contributed by atoms with van der Waals surface area (Å²) >= 11 is 0. The molecule has 0 unspecified atom stereocenters. The quantitative estimate of drug-likeness (QED) is 0.547. The van der Waals surface area contributed by atoms with Gasteiger partial charge in [0.25, 0.3) is 0 Å². The molecule has 1 heterocycles. The fraction of sp³-hybridized carbons (Fsp3) is 0.391. The molecule has 0 bridgehead atoms. The third-order valence-corrected chi connectivity index (χ3v) is 7.56. The van der Waals surface area contributed by atoms with E-state index in [1.807, 2.05) is 49.7 Å². The lowest BCUT2D eigenvalue weighted by atomic mass is 10.1. The van der Waals surface area contributed by atoms with Crippen LogP contribution in [0.15, 0.2) is 47.4 Å². The molecule has 0 fully saturated rings. The van der Waals surface area contributed by atoms with Crippen LogP contribution in [0.5, 0.6) is 0 Å². The van der Waals surface area contributed by atoms with Crippen LogP contribution in [0, 0.1) is 0 Å². The number of carbonyl (C=O) groups is 1. The van der Waals surface area contributed by atoms with Gasteiger partial charge in [-0.1, -0.05) is 32.9 Å². The lowest BCUT2D eigenvalue weighted by Gasteiger charge is -2.18. The largest absolute Gasteiger partial charge is 0.331 e. The third-order valence-electron chi connectivity index (χ3n) is 5.51. The molecule has 0 atom stereocenters. The van der Waals surface area contributed by atoms with Gasteiger partial charge in [0, 0.05) is 38.7 Å². The van der Waals surface area contributed by atoms with Crippen LogP contribution in [-0.2, 0) is 34.7 Å². The van der Waals surface area contributed by atoms with Gasteiger partial charge in [-0.2, -0.15) is 4.31 Å². The summed E-state index contributed by atoms with van der Waals surface area (Å²) in [4.78, 5) is 17.2. The van der Waals surface area contributed by atoms with Crippen molar-refractivity contribution in [1.29, 1.82) is 0 Å². The molecular weight excluding hydrogens is 412 g/mol. The minimum absolute atomic E-state index is 0.0823. The number of hydrogen-bond donors (Lipinski definition) is 1. The van der Waals surface area contributed by atoms with Gasteiger partial charge in [0.2, 0.25) is 15.9 Å². The van der Waals surface area contributed by atoms with Gasteiger partial charge in [0.15, 0.2) is 0 Å². The average molecular weight is 443 g/mol. The summed E-state index contributed by atoms with van der Waals surface area (Å²) in [6.45, 7) is 6.57. The Balaban J connectivity index is 1.74. The molecule has 2 aromatic carbocycles. The molecule has 0 aliphatic carbocycles. The number of anilines is 1. The first-order chi connectivity index (χ1) is 14.8. The molecule has 31 heavy (non-hydrogen) atoms. The number of aryl methyl sites for hydroxylation is 3. The third kappa shape index (κ3) is 4.97. The van der Waals surface area contributed by atoms with Crippen molar-refractivity contribution in [3.05, 3.63) is 53.9 Å². The Bertz CT molecular complexity index is 1160. The summed E-state index contributed by atoms with van der Waals surface area (Å²) < 4.78 is 28.9. The summed E-state index contributed by atoms with van der Waals surface area (Å²) in [5.41, 5.74) is 3.45. The molecule has 3 aromatic rings. The Kier molecular flexibility index (Phi) is 7.12. The van der Waals surface area contributed by atoms with Crippen LogP contribution in [0.3, 0.4) is 0 Å². The average Bonchev–Trinajstić information content (AvgIpc) is 3.08. The molecule has 0 aliphatic rings. The molecule has 7 nitrogen and oxygen atoms in total. The van der Waals surface area contributed by atoms with Crippen LogP contribution in [0.2, 0.25) is 0 Å². The maximum Gasteiger partial charge on any atom is 0.243 e. The fourth-order valence-electron chi connectivity index (χ4n) is 3.60. The van der Waals surface area contributed by atoms with Gasteiger partial charge in [0.1, 0.15) is 5.82 Å². The molecule has 1 N–H and O–H groups in total. The number of fused-ring (bicyclic) bond motifs is 1. The SMILES string of the molecule is CCc1ccc(NC(=O)CCc2nc3cc(S(=O)(=O)N(CC)CC)ccc3n2C)cc1. The standard InChI is InChI=1S/C23H30N4O3S/c1-5-17-8-10-18(11-9-17)24-23(28)15-14-22-25-20-16-19(12-13-21(20)26(22)4)31(29,30)27(6-2)7-3/h8-13,16H,5-7,14-15H2,1-4H3,(H,24,28). The van der Waals surface area contributed by atoms with Crippen LogP contribution < -0.4 is 5.32 Å². The van der Waals surface area contributed by atoms with Crippen molar-refractivity contribution in [3.8, 4) is 0 Å². The highest BCUT2D eigenvalue weighted by molar-refractivity contribution is 7.89. The summed E-state index contributed by atoms with van der Waals surface area (Å²) in [5, 5.41) is 2.91. The first kappa shape index (κ1) is 23.0. The van der Waals surface area contributed by atoms with Gasteiger partial charge in [-0.3, -0.25) is 4.79 Å². The molecule has 0 saturated heterocycles. The predicted molar refractivity (Wildman–Crippen MR) is 124 cm³/mol. The zero-order valence-corrected chi connectivity index (χ0v) is 19.4. The maximum atomic E-state index is 12.8. The first-order valence-electron chi connectivity index (χ1n) is 10.6. The van der Waals surface area contributed by atoms with Crippen molar-refractivity contribution in [2.45, 2.75) is 44.9 Å². The highest BCUT2D eigenvalue weighted by Gasteiger charge is 2.22. The second kappa shape index (κ2) is 9.62. The minimum atomic E-state index is -3.54. The monoisotopic (exact) mass is 442 g/mol. The van der Waals surface area contributed by atoms with Gasteiger partial charge < -0.3 is 9.88 Å². The van der Waals surface area contributed by atoms with Crippen LogP contribution >= 0.6 is 0 Å². The van der Waals surface area contributed by atoms with E-state index in [4.69, 9.17) is 0 Å². The first-order valence-corrected chi connectivity index (χ1v) is 12.1. The smallest absolute Gasteiger partial charge is 0.243 e. The number of sulfonamides is 1. The zero-order chi connectivity index (χ0) is 22.6. The van der Waals surface area contributed by atoms with Crippen molar-refractivity contribution in [1.82, 2.24) is 13.9 Å². The van der Waals surface area contributed by atoms with Gasteiger partial charge >= 0.3 is 0 Å². The second-order valence-corrected chi connectivity index (χ2v) is 9.36. The van der Waals surface area contributed by atoms with Crippen molar-refractivity contribution in [2.75, 3.05) is 18.4 Å². The molecule has 0 radical (unpaired) electrons. The minimum Gasteiger partial charge on any atom is -0.331 e. The molecule has 3 rings (SSSR count). The molecule has 0 aliphatic heterocycles. The van der Waals surface area contributed by atoms with Crippen LogP contribution in [0.25, 0.3) is 11.0 Å².